The van der Waals surface area contributed by atoms with Crippen molar-refractivity contribution in [2.24, 2.45) is 0 Å². The monoisotopic (exact) mass is 333 g/mol. The summed E-state index contributed by atoms with van der Waals surface area (Å²) in [6.07, 6.45) is 1.68. The Balaban J connectivity index is 1.72. The average molecular weight is 333 g/mol. The minimum Gasteiger partial charge on any atom is -0.327 e. The molecule has 1 saturated heterocycles. The van der Waals surface area contributed by atoms with Crippen molar-refractivity contribution in [3.8, 4) is 0 Å². The lowest BCUT2D eigenvalue weighted by Gasteiger charge is -2.38. The molecule has 1 fully saturated rings. The first-order valence-electron chi connectivity index (χ1n) is 7.25. The zero-order valence-electron chi connectivity index (χ0n) is 12.6. The third kappa shape index (κ3) is 3.39. The minimum atomic E-state index is -0.547. The molecule has 3 rings (SSSR count). The van der Waals surface area contributed by atoms with E-state index in [1.807, 2.05) is 5.38 Å². The number of rotatable bonds is 4. The molecule has 0 aliphatic carbocycles. The van der Waals surface area contributed by atoms with Crippen LogP contribution in [0.5, 0.6) is 0 Å². The molecule has 0 spiro atoms. The quantitative estimate of drug-likeness (QED) is 0.860. The fourth-order valence-electron chi connectivity index (χ4n) is 2.64. The summed E-state index contributed by atoms with van der Waals surface area (Å²) in [6, 6.07) is 5.52. The largest absolute Gasteiger partial charge is 0.327 e. The molecule has 120 valence electrons. The lowest BCUT2D eigenvalue weighted by molar-refractivity contribution is -0.156. The maximum absolute atomic E-state index is 13.3. The summed E-state index contributed by atoms with van der Waals surface area (Å²) >= 11 is 1.46. The molecule has 1 aromatic carbocycles. The molecule has 1 aliphatic heterocycles. The zero-order valence-corrected chi connectivity index (χ0v) is 13.4. The number of amides is 2. The van der Waals surface area contributed by atoms with Crippen molar-refractivity contribution < 1.29 is 14.0 Å². The molecule has 0 bridgehead atoms. The van der Waals surface area contributed by atoms with Gasteiger partial charge in [-0.2, -0.15) is 0 Å². The van der Waals surface area contributed by atoms with Crippen molar-refractivity contribution in [1.82, 2.24) is 14.8 Å². The van der Waals surface area contributed by atoms with Gasteiger partial charge in [-0.15, -0.1) is 11.3 Å². The Labute approximate surface area is 137 Å². The molecule has 2 amide bonds. The Hall–Kier alpha value is -2.28. The van der Waals surface area contributed by atoms with Gasteiger partial charge in [0.25, 0.3) is 0 Å². The van der Waals surface area contributed by atoms with Gasteiger partial charge in [0.2, 0.25) is 11.8 Å². The van der Waals surface area contributed by atoms with Gasteiger partial charge in [-0.1, -0.05) is 12.1 Å². The van der Waals surface area contributed by atoms with E-state index in [0.717, 1.165) is 5.01 Å². The number of halogens is 1. The van der Waals surface area contributed by atoms with E-state index in [0.29, 0.717) is 12.1 Å². The van der Waals surface area contributed by atoms with Gasteiger partial charge in [-0.3, -0.25) is 9.59 Å². The van der Waals surface area contributed by atoms with Crippen molar-refractivity contribution in [2.45, 2.75) is 26.1 Å². The lowest BCUT2D eigenvalue weighted by Crippen LogP contribution is -2.57. The molecule has 0 N–H and O–H groups in total. The molecular formula is C16H16FN3O2S. The fourth-order valence-corrected chi connectivity index (χ4v) is 3.25. The summed E-state index contributed by atoms with van der Waals surface area (Å²) in [7, 11) is 0. The number of piperazine rings is 1. The minimum absolute atomic E-state index is 0.00502. The first-order chi connectivity index (χ1) is 11.0. The molecule has 5 nitrogen and oxygen atoms in total. The lowest BCUT2D eigenvalue weighted by atomic mass is 10.1. The van der Waals surface area contributed by atoms with Gasteiger partial charge in [0.15, 0.2) is 0 Å². The van der Waals surface area contributed by atoms with Gasteiger partial charge < -0.3 is 9.80 Å². The fraction of sp³-hybridized carbons (Fsp3) is 0.312. The third-order valence-corrected chi connectivity index (χ3v) is 4.60. The van der Waals surface area contributed by atoms with Crippen LogP contribution in [0.1, 0.15) is 17.5 Å². The van der Waals surface area contributed by atoms with Crippen LogP contribution < -0.4 is 0 Å². The number of carbonyl (C=O) groups is 2. The van der Waals surface area contributed by atoms with Gasteiger partial charge in [-0.05, 0) is 24.6 Å². The second-order valence-electron chi connectivity index (χ2n) is 5.45. The normalized spacial score (nSPS) is 18.6. The molecule has 0 radical (unpaired) electrons. The van der Waals surface area contributed by atoms with Crippen molar-refractivity contribution >= 4 is 23.2 Å². The molecule has 1 atom stereocenters. The van der Waals surface area contributed by atoms with Crippen LogP contribution in [0.3, 0.4) is 0 Å². The van der Waals surface area contributed by atoms with E-state index in [4.69, 9.17) is 0 Å². The molecule has 2 heterocycles. The number of aromatic nitrogens is 1. The highest BCUT2D eigenvalue weighted by atomic mass is 32.1. The molecule has 1 aliphatic rings. The summed E-state index contributed by atoms with van der Waals surface area (Å²) in [6.45, 7) is 2.30. The summed E-state index contributed by atoms with van der Waals surface area (Å²) in [5.74, 6) is -0.606. The van der Waals surface area contributed by atoms with Crippen molar-refractivity contribution in [3.63, 3.8) is 0 Å². The van der Waals surface area contributed by atoms with Crippen molar-refractivity contribution in [1.29, 1.82) is 0 Å². The molecule has 0 saturated carbocycles. The molecular weight excluding hydrogens is 317 g/mol. The SMILES string of the molecule is C[C@H]1C(=O)N(Cc2cccc(F)c2)CC(=O)N1Cc1nccs1. The summed E-state index contributed by atoms with van der Waals surface area (Å²) in [5.41, 5.74) is 0.673. The number of hydrogen-bond acceptors (Lipinski definition) is 4. The number of thiazole rings is 1. The summed E-state index contributed by atoms with van der Waals surface area (Å²) < 4.78 is 13.3. The van der Waals surface area contributed by atoms with Crippen LogP contribution in [-0.2, 0) is 22.7 Å². The Morgan fingerprint density at radius 2 is 2.17 bits per heavy atom. The number of hydrogen-bond donors (Lipinski definition) is 0. The highest BCUT2D eigenvalue weighted by Crippen LogP contribution is 2.19. The highest BCUT2D eigenvalue weighted by molar-refractivity contribution is 7.09. The van der Waals surface area contributed by atoms with Crippen LogP contribution in [0.25, 0.3) is 0 Å². The third-order valence-electron chi connectivity index (χ3n) is 3.83. The van der Waals surface area contributed by atoms with Crippen LogP contribution in [-0.4, -0.2) is 39.2 Å². The van der Waals surface area contributed by atoms with Gasteiger partial charge in [0.05, 0.1) is 6.54 Å². The van der Waals surface area contributed by atoms with E-state index in [1.165, 1.54) is 28.4 Å². The topological polar surface area (TPSA) is 53.5 Å². The van der Waals surface area contributed by atoms with Gasteiger partial charge >= 0.3 is 0 Å². The standard InChI is InChI=1S/C16H16FN3O2S/c1-11-16(22)19(8-12-3-2-4-13(17)7-12)10-15(21)20(11)9-14-18-5-6-23-14/h2-7,11H,8-10H2,1H3/t11-/m0/s1. The van der Waals surface area contributed by atoms with E-state index in [9.17, 15) is 14.0 Å². The summed E-state index contributed by atoms with van der Waals surface area (Å²) in [5, 5.41) is 2.64. The number of carbonyl (C=O) groups excluding carboxylic acids is 2. The predicted molar refractivity (Wildman–Crippen MR) is 83.9 cm³/mol. The Kier molecular flexibility index (Phi) is 4.38. The van der Waals surface area contributed by atoms with E-state index < -0.39 is 6.04 Å². The van der Waals surface area contributed by atoms with Gasteiger partial charge in [0, 0.05) is 18.1 Å². The highest BCUT2D eigenvalue weighted by Gasteiger charge is 2.36. The average Bonchev–Trinajstić information content (AvgIpc) is 3.02. The Morgan fingerprint density at radius 3 is 2.87 bits per heavy atom. The Morgan fingerprint density at radius 1 is 1.35 bits per heavy atom. The second-order valence-corrected chi connectivity index (χ2v) is 6.43. The van der Waals surface area contributed by atoms with Gasteiger partial charge in [0.1, 0.15) is 23.4 Å². The van der Waals surface area contributed by atoms with Crippen LogP contribution in [0.4, 0.5) is 4.39 Å². The molecule has 2 aromatic rings. The molecule has 1 aromatic heterocycles. The Bertz CT molecular complexity index is 720. The number of nitrogens with zero attached hydrogens (tertiary/aromatic N) is 3. The smallest absolute Gasteiger partial charge is 0.245 e. The van der Waals surface area contributed by atoms with Crippen LogP contribution in [0, 0.1) is 5.82 Å². The van der Waals surface area contributed by atoms with E-state index in [2.05, 4.69) is 4.98 Å². The van der Waals surface area contributed by atoms with Gasteiger partial charge in [-0.25, -0.2) is 9.37 Å². The maximum Gasteiger partial charge on any atom is 0.245 e. The second kappa shape index (κ2) is 6.45. The zero-order chi connectivity index (χ0) is 16.4. The molecule has 7 heteroatoms. The summed E-state index contributed by atoms with van der Waals surface area (Å²) in [4.78, 5) is 32.1. The van der Waals surface area contributed by atoms with Crippen LogP contribution in [0.2, 0.25) is 0 Å². The predicted octanol–water partition coefficient (Wildman–Crippen LogP) is 2.04. The molecule has 23 heavy (non-hydrogen) atoms. The molecule has 0 unspecified atom stereocenters. The first-order valence-corrected chi connectivity index (χ1v) is 8.13. The van der Waals surface area contributed by atoms with Crippen LogP contribution in [0.15, 0.2) is 35.8 Å². The van der Waals surface area contributed by atoms with Crippen molar-refractivity contribution in [2.75, 3.05) is 6.54 Å². The van der Waals surface area contributed by atoms with E-state index >= 15 is 0 Å². The van der Waals surface area contributed by atoms with E-state index in [1.54, 1.807) is 30.2 Å². The maximum atomic E-state index is 13.3. The van der Waals surface area contributed by atoms with Crippen molar-refractivity contribution in [3.05, 3.63) is 52.2 Å². The number of benzene rings is 1. The van der Waals surface area contributed by atoms with Crippen LogP contribution >= 0.6 is 11.3 Å². The van der Waals surface area contributed by atoms with E-state index in [-0.39, 0.29) is 30.7 Å². The first kappa shape index (κ1) is 15.6.